The molecule has 0 unspecified atom stereocenters. The first-order valence-electron chi connectivity index (χ1n) is 10.8. The molecule has 32 heavy (non-hydrogen) atoms. The van der Waals surface area contributed by atoms with Gasteiger partial charge in [0.25, 0.3) is 0 Å². The summed E-state index contributed by atoms with van der Waals surface area (Å²) in [6.07, 6.45) is 0. The van der Waals surface area contributed by atoms with Gasteiger partial charge in [0.1, 0.15) is 0 Å². The molecule has 0 radical (unpaired) electrons. The van der Waals surface area contributed by atoms with E-state index in [1.165, 1.54) is 0 Å². The summed E-state index contributed by atoms with van der Waals surface area (Å²) in [6.45, 7) is 8.25. The van der Waals surface area contributed by atoms with Crippen molar-refractivity contribution < 1.29 is 9.59 Å². The molecule has 6 heteroatoms. The van der Waals surface area contributed by atoms with Gasteiger partial charge in [-0.2, -0.15) is 0 Å². The number of benzene rings is 3. The third-order valence-corrected chi connectivity index (χ3v) is 5.00. The van der Waals surface area contributed by atoms with Crippen LogP contribution in [0.2, 0.25) is 0 Å². The van der Waals surface area contributed by atoms with Crippen LogP contribution in [0, 0.1) is 0 Å². The monoisotopic (exact) mass is 430 g/mol. The minimum atomic E-state index is -0.317. The highest BCUT2D eigenvalue weighted by Crippen LogP contribution is 2.36. The summed E-state index contributed by atoms with van der Waals surface area (Å²) in [7, 11) is 0. The van der Waals surface area contributed by atoms with Gasteiger partial charge in [-0.1, -0.05) is 64.1 Å². The van der Waals surface area contributed by atoms with E-state index in [-0.39, 0.29) is 23.9 Å². The van der Waals surface area contributed by atoms with Crippen LogP contribution in [0.4, 0.5) is 32.3 Å². The molecule has 0 saturated heterocycles. The van der Waals surface area contributed by atoms with Crippen molar-refractivity contribution in [3.05, 3.63) is 83.9 Å². The molecule has 3 rings (SSSR count). The van der Waals surface area contributed by atoms with Crippen molar-refractivity contribution in [2.75, 3.05) is 21.3 Å². The molecule has 0 bridgehead atoms. The van der Waals surface area contributed by atoms with E-state index >= 15 is 0 Å². The van der Waals surface area contributed by atoms with Crippen LogP contribution < -0.4 is 21.3 Å². The lowest BCUT2D eigenvalue weighted by molar-refractivity contribution is 0.261. The Kier molecular flexibility index (Phi) is 7.49. The molecular weight excluding hydrogens is 400 g/mol. The molecular formula is C26H30N4O2. The minimum absolute atomic E-state index is 0.137. The Labute approximate surface area is 189 Å². The topological polar surface area (TPSA) is 82.3 Å². The second-order valence-corrected chi connectivity index (χ2v) is 8.23. The van der Waals surface area contributed by atoms with Crippen molar-refractivity contribution in [3.8, 4) is 0 Å². The van der Waals surface area contributed by atoms with E-state index in [1.54, 1.807) is 0 Å². The Morgan fingerprint density at radius 3 is 1.34 bits per heavy atom. The average Bonchev–Trinajstić information content (AvgIpc) is 2.75. The highest BCUT2D eigenvalue weighted by Gasteiger charge is 2.19. The van der Waals surface area contributed by atoms with E-state index in [1.807, 2.05) is 72.8 Å². The van der Waals surface area contributed by atoms with Gasteiger partial charge < -0.3 is 21.3 Å². The molecule has 0 atom stereocenters. The van der Waals surface area contributed by atoms with Crippen LogP contribution in [-0.2, 0) is 0 Å². The van der Waals surface area contributed by atoms with Crippen molar-refractivity contribution in [1.82, 2.24) is 0 Å². The van der Waals surface area contributed by atoms with E-state index in [0.29, 0.717) is 11.4 Å². The maximum atomic E-state index is 12.7. The number of para-hydroxylation sites is 2. The zero-order chi connectivity index (χ0) is 23.1. The largest absolute Gasteiger partial charge is 0.323 e. The molecule has 0 aliphatic carbocycles. The third-order valence-electron chi connectivity index (χ3n) is 5.00. The fourth-order valence-corrected chi connectivity index (χ4v) is 3.43. The summed E-state index contributed by atoms with van der Waals surface area (Å²) in [4.78, 5) is 25.2. The molecule has 0 saturated carbocycles. The summed E-state index contributed by atoms with van der Waals surface area (Å²) in [5.41, 5.74) is 4.80. The average molecular weight is 431 g/mol. The zero-order valence-corrected chi connectivity index (χ0v) is 18.9. The molecule has 6 nitrogen and oxygen atoms in total. The summed E-state index contributed by atoms with van der Waals surface area (Å²) < 4.78 is 0. The summed E-state index contributed by atoms with van der Waals surface area (Å²) >= 11 is 0. The maximum absolute atomic E-state index is 12.7. The van der Waals surface area contributed by atoms with Gasteiger partial charge in [0.15, 0.2) is 0 Å². The molecule has 0 aromatic heterocycles. The number of hydrogen-bond donors (Lipinski definition) is 4. The van der Waals surface area contributed by atoms with E-state index in [4.69, 9.17) is 0 Å². The quantitative estimate of drug-likeness (QED) is 0.333. The van der Waals surface area contributed by atoms with Crippen molar-refractivity contribution in [3.63, 3.8) is 0 Å². The van der Waals surface area contributed by atoms with E-state index in [0.717, 1.165) is 22.5 Å². The van der Waals surface area contributed by atoms with Gasteiger partial charge in [-0.3, -0.25) is 0 Å². The molecule has 3 aromatic carbocycles. The first-order valence-corrected chi connectivity index (χ1v) is 10.8. The van der Waals surface area contributed by atoms with Crippen LogP contribution in [0.5, 0.6) is 0 Å². The van der Waals surface area contributed by atoms with Crippen molar-refractivity contribution in [1.29, 1.82) is 0 Å². The number of nitrogens with one attached hydrogen (secondary N) is 4. The smallest absolute Gasteiger partial charge is 0.308 e. The Bertz CT molecular complexity index is 1030. The van der Waals surface area contributed by atoms with Gasteiger partial charge in [0.05, 0.1) is 0 Å². The second-order valence-electron chi connectivity index (χ2n) is 8.23. The zero-order valence-electron chi connectivity index (χ0n) is 18.9. The van der Waals surface area contributed by atoms with Crippen LogP contribution in [-0.4, -0.2) is 12.1 Å². The van der Waals surface area contributed by atoms with Gasteiger partial charge >= 0.3 is 12.1 Å². The van der Waals surface area contributed by atoms with Gasteiger partial charge in [-0.15, -0.1) is 0 Å². The van der Waals surface area contributed by atoms with Crippen LogP contribution >= 0.6 is 0 Å². The van der Waals surface area contributed by atoms with Gasteiger partial charge in [0, 0.05) is 22.7 Å². The first-order chi connectivity index (χ1) is 15.3. The summed E-state index contributed by atoms with van der Waals surface area (Å²) in [5.74, 6) is 0.275. The molecule has 166 valence electrons. The molecule has 4 amide bonds. The lowest BCUT2D eigenvalue weighted by Gasteiger charge is -2.22. The lowest BCUT2D eigenvalue weighted by atomic mass is 9.91. The molecule has 0 spiro atoms. The van der Waals surface area contributed by atoms with E-state index < -0.39 is 0 Å². The predicted molar refractivity (Wildman–Crippen MR) is 133 cm³/mol. The Morgan fingerprint density at radius 1 is 0.562 bits per heavy atom. The Hall–Kier alpha value is -3.80. The highest BCUT2D eigenvalue weighted by molar-refractivity contribution is 6.02. The van der Waals surface area contributed by atoms with Crippen molar-refractivity contribution in [2.45, 2.75) is 39.5 Å². The molecule has 0 heterocycles. The van der Waals surface area contributed by atoms with Crippen molar-refractivity contribution in [2.24, 2.45) is 0 Å². The number of rotatable bonds is 6. The number of carbonyl (C=O) groups is 2. The van der Waals surface area contributed by atoms with Crippen LogP contribution in [0.1, 0.15) is 50.7 Å². The minimum Gasteiger partial charge on any atom is -0.308 e. The SMILES string of the molecule is CC(C)c1cc(NC(=O)Nc2ccccc2)cc(C(C)C)c1NC(=O)Nc1ccccc1. The maximum Gasteiger partial charge on any atom is 0.323 e. The molecule has 0 fully saturated rings. The standard InChI is InChI=1S/C26H30N4O2/c1-17(2)22-15-21(29-25(31)27-19-11-7-5-8-12-19)16-23(18(3)4)24(22)30-26(32)28-20-13-9-6-10-14-20/h5-18H,1-4H3,(H2,27,29,31)(H2,28,30,32). The number of carbonyl (C=O) groups excluding carboxylic acids is 2. The number of anilines is 4. The van der Waals surface area contributed by atoms with Crippen LogP contribution in [0.15, 0.2) is 72.8 Å². The van der Waals surface area contributed by atoms with Gasteiger partial charge in [-0.05, 0) is 59.4 Å². The highest BCUT2D eigenvalue weighted by atomic mass is 16.2. The van der Waals surface area contributed by atoms with Gasteiger partial charge in [0.2, 0.25) is 0 Å². The van der Waals surface area contributed by atoms with Gasteiger partial charge in [-0.25, -0.2) is 9.59 Å². The summed E-state index contributed by atoms with van der Waals surface area (Å²) in [6, 6.07) is 21.8. The summed E-state index contributed by atoms with van der Waals surface area (Å²) in [5, 5.41) is 11.7. The molecule has 0 aliphatic rings. The molecule has 0 aliphatic heterocycles. The van der Waals surface area contributed by atoms with E-state index in [2.05, 4.69) is 49.0 Å². The van der Waals surface area contributed by atoms with E-state index in [9.17, 15) is 9.59 Å². The molecule has 3 aromatic rings. The van der Waals surface area contributed by atoms with Crippen molar-refractivity contribution >= 4 is 34.8 Å². The Balaban J connectivity index is 1.85. The third kappa shape index (κ3) is 6.11. The fourth-order valence-electron chi connectivity index (χ4n) is 3.43. The van der Waals surface area contributed by atoms with Crippen LogP contribution in [0.3, 0.4) is 0 Å². The first kappa shape index (κ1) is 22.9. The number of urea groups is 2. The number of amides is 4. The second kappa shape index (κ2) is 10.5. The Morgan fingerprint density at radius 2 is 0.938 bits per heavy atom. The fraction of sp³-hybridized carbons (Fsp3) is 0.231. The predicted octanol–water partition coefficient (Wildman–Crippen LogP) is 7.22. The number of hydrogen-bond acceptors (Lipinski definition) is 2. The molecule has 4 N–H and O–H groups in total. The normalized spacial score (nSPS) is 10.7. The lowest BCUT2D eigenvalue weighted by Crippen LogP contribution is -2.23. The van der Waals surface area contributed by atoms with Crippen LogP contribution in [0.25, 0.3) is 0 Å².